The molecule has 0 bridgehead atoms. The molecule has 178 valence electrons. The number of fused-ring (bicyclic) bond motifs is 3. The van der Waals surface area contributed by atoms with E-state index in [1.54, 1.807) is 50.3 Å². The summed E-state index contributed by atoms with van der Waals surface area (Å²) >= 11 is 0. The van der Waals surface area contributed by atoms with Crippen LogP contribution >= 0.6 is 7.60 Å². The number of nitrogens with one attached hydrogen (secondary N) is 1. The fourth-order valence-electron chi connectivity index (χ4n) is 4.21. The van der Waals surface area contributed by atoms with Gasteiger partial charge in [0.15, 0.2) is 0 Å². The molecule has 0 heterocycles. The molecule has 0 radical (unpaired) electrons. The summed E-state index contributed by atoms with van der Waals surface area (Å²) in [5.41, 5.74) is 1.52. The zero-order valence-corrected chi connectivity index (χ0v) is 19.4. The Morgan fingerprint density at radius 2 is 1.48 bits per heavy atom. The molecule has 33 heavy (non-hydrogen) atoms. The Morgan fingerprint density at radius 1 is 0.970 bits per heavy atom. The predicted octanol–water partition coefficient (Wildman–Crippen LogP) is 5.84. The lowest BCUT2D eigenvalue weighted by Crippen LogP contribution is -2.46. The third-order valence-electron chi connectivity index (χ3n) is 5.47. The van der Waals surface area contributed by atoms with Crippen LogP contribution in [0, 0.1) is 0 Å². The van der Waals surface area contributed by atoms with Gasteiger partial charge in [0, 0.05) is 0 Å². The predicted molar refractivity (Wildman–Crippen MR) is 121 cm³/mol. The SMILES string of the molecule is CCOP(=O)(CC=CCC1(C(=O)NCC(F)(F)F)c2ccccc2-c2ccccc21)OCC. The van der Waals surface area contributed by atoms with Crippen molar-refractivity contribution < 1.29 is 31.6 Å². The van der Waals surface area contributed by atoms with E-state index in [0.29, 0.717) is 11.1 Å². The summed E-state index contributed by atoms with van der Waals surface area (Å²) in [4.78, 5) is 13.4. The first-order chi connectivity index (χ1) is 15.7. The van der Waals surface area contributed by atoms with E-state index < -0.39 is 31.6 Å². The minimum Gasteiger partial charge on any atom is -0.346 e. The molecular formula is C24H27F3NO4P. The molecule has 1 N–H and O–H groups in total. The Morgan fingerprint density at radius 3 is 1.97 bits per heavy atom. The lowest BCUT2D eigenvalue weighted by atomic mass is 9.74. The quantitative estimate of drug-likeness (QED) is 0.342. The van der Waals surface area contributed by atoms with E-state index in [-0.39, 0.29) is 25.8 Å². The van der Waals surface area contributed by atoms with Crippen LogP contribution in [0.2, 0.25) is 0 Å². The molecule has 3 rings (SSSR count). The number of halogens is 3. The van der Waals surface area contributed by atoms with E-state index in [2.05, 4.69) is 5.32 Å². The molecular weight excluding hydrogens is 454 g/mol. The van der Waals surface area contributed by atoms with Crippen LogP contribution in [0.1, 0.15) is 31.4 Å². The van der Waals surface area contributed by atoms with E-state index >= 15 is 0 Å². The van der Waals surface area contributed by atoms with Crippen molar-refractivity contribution in [3.8, 4) is 11.1 Å². The smallest absolute Gasteiger partial charge is 0.346 e. The average Bonchev–Trinajstić information content (AvgIpc) is 3.06. The maximum absolute atomic E-state index is 13.4. The number of allylic oxidation sites excluding steroid dienone is 2. The highest BCUT2D eigenvalue weighted by Gasteiger charge is 2.48. The van der Waals surface area contributed by atoms with E-state index in [0.717, 1.165) is 11.1 Å². The van der Waals surface area contributed by atoms with E-state index in [1.807, 2.05) is 24.3 Å². The minimum absolute atomic E-state index is 0.00176. The summed E-state index contributed by atoms with van der Waals surface area (Å²) in [6.45, 7) is 2.43. The molecule has 0 aromatic heterocycles. The Kier molecular flexibility index (Phi) is 7.83. The zero-order chi connectivity index (χ0) is 24.1. The van der Waals surface area contributed by atoms with Crippen LogP contribution in [-0.2, 0) is 23.8 Å². The molecule has 1 amide bonds. The molecule has 0 fully saturated rings. The minimum atomic E-state index is -4.54. The molecule has 2 aromatic rings. The van der Waals surface area contributed by atoms with Crippen LogP contribution in [-0.4, -0.2) is 38.0 Å². The van der Waals surface area contributed by atoms with Crippen LogP contribution in [0.15, 0.2) is 60.7 Å². The fourth-order valence-corrected chi connectivity index (χ4v) is 5.69. The number of hydrogen-bond acceptors (Lipinski definition) is 4. The van der Waals surface area contributed by atoms with Crippen LogP contribution in [0.5, 0.6) is 0 Å². The summed E-state index contributed by atoms with van der Waals surface area (Å²) < 4.78 is 62.0. The van der Waals surface area contributed by atoms with E-state index in [1.165, 1.54) is 0 Å². The third kappa shape index (κ3) is 5.40. The van der Waals surface area contributed by atoms with Crippen LogP contribution < -0.4 is 5.32 Å². The van der Waals surface area contributed by atoms with Gasteiger partial charge in [0.1, 0.15) is 12.0 Å². The Labute approximate surface area is 191 Å². The molecule has 1 aliphatic carbocycles. The van der Waals surface area contributed by atoms with Gasteiger partial charge in [-0.1, -0.05) is 60.7 Å². The van der Waals surface area contributed by atoms with Gasteiger partial charge in [0.2, 0.25) is 5.91 Å². The van der Waals surface area contributed by atoms with Gasteiger partial charge in [-0.05, 0) is 42.5 Å². The number of hydrogen-bond donors (Lipinski definition) is 1. The first-order valence-corrected chi connectivity index (χ1v) is 12.5. The number of benzene rings is 2. The molecule has 1 aliphatic rings. The van der Waals surface area contributed by atoms with Crippen molar-refractivity contribution in [3.63, 3.8) is 0 Å². The maximum atomic E-state index is 13.4. The topological polar surface area (TPSA) is 64.6 Å². The monoisotopic (exact) mass is 481 g/mol. The zero-order valence-electron chi connectivity index (χ0n) is 18.5. The third-order valence-corrected chi connectivity index (χ3v) is 7.43. The van der Waals surface area contributed by atoms with Gasteiger partial charge in [-0.2, -0.15) is 13.2 Å². The first-order valence-electron chi connectivity index (χ1n) is 10.7. The molecule has 2 aromatic carbocycles. The molecule has 5 nitrogen and oxygen atoms in total. The summed E-state index contributed by atoms with van der Waals surface area (Å²) in [7, 11) is -3.33. The molecule has 9 heteroatoms. The molecule has 0 spiro atoms. The second-order valence-corrected chi connectivity index (χ2v) is 9.70. The fraction of sp³-hybridized carbons (Fsp3) is 0.375. The Bertz CT molecular complexity index is 1010. The molecule has 0 saturated carbocycles. The van der Waals surface area contributed by atoms with Gasteiger partial charge < -0.3 is 14.4 Å². The summed E-state index contributed by atoms with van der Waals surface area (Å²) in [6.07, 6.45) is -1.18. The lowest BCUT2D eigenvalue weighted by Gasteiger charge is -2.30. The van der Waals surface area contributed by atoms with Gasteiger partial charge in [0.25, 0.3) is 0 Å². The maximum Gasteiger partial charge on any atom is 0.405 e. The Hall–Kier alpha value is -2.41. The average molecular weight is 481 g/mol. The number of carbonyl (C=O) groups is 1. The van der Waals surface area contributed by atoms with Crippen molar-refractivity contribution in [3.05, 3.63) is 71.8 Å². The first kappa shape index (κ1) is 25.2. The van der Waals surface area contributed by atoms with E-state index in [4.69, 9.17) is 9.05 Å². The summed E-state index contributed by atoms with van der Waals surface area (Å²) in [5.74, 6) is -0.736. The van der Waals surface area contributed by atoms with Crippen molar-refractivity contribution in [2.45, 2.75) is 31.9 Å². The van der Waals surface area contributed by atoms with Crippen molar-refractivity contribution in [1.82, 2.24) is 5.32 Å². The van der Waals surface area contributed by atoms with Crippen molar-refractivity contribution in [2.75, 3.05) is 25.9 Å². The van der Waals surface area contributed by atoms with Crippen molar-refractivity contribution in [1.29, 1.82) is 0 Å². The van der Waals surface area contributed by atoms with Gasteiger partial charge in [0.05, 0.1) is 19.4 Å². The highest BCUT2D eigenvalue weighted by atomic mass is 31.2. The van der Waals surface area contributed by atoms with Gasteiger partial charge in [-0.3, -0.25) is 9.36 Å². The molecule has 0 atom stereocenters. The van der Waals surface area contributed by atoms with Crippen LogP contribution in [0.4, 0.5) is 13.2 Å². The van der Waals surface area contributed by atoms with Gasteiger partial charge >= 0.3 is 13.8 Å². The highest BCUT2D eigenvalue weighted by Crippen LogP contribution is 2.52. The normalized spacial score (nSPS) is 14.8. The van der Waals surface area contributed by atoms with Gasteiger partial charge in [-0.15, -0.1) is 0 Å². The number of alkyl halides is 3. The summed E-state index contributed by atoms with van der Waals surface area (Å²) in [5, 5.41) is 2.08. The second kappa shape index (κ2) is 10.2. The molecule has 0 saturated heterocycles. The summed E-state index contributed by atoms with van der Waals surface area (Å²) in [6, 6.07) is 14.4. The molecule has 0 aliphatic heterocycles. The van der Waals surface area contributed by atoms with Gasteiger partial charge in [-0.25, -0.2) is 0 Å². The number of rotatable bonds is 10. The largest absolute Gasteiger partial charge is 0.405 e. The van der Waals surface area contributed by atoms with Crippen molar-refractivity contribution in [2.24, 2.45) is 0 Å². The van der Waals surface area contributed by atoms with E-state index in [9.17, 15) is 22.5 Å². The van der Waals surface area contributed by atoms with Crippen molar-refractivity contribution >= 4 is 13.5 Å². The number of carbonyl (C=O) groups excluding carboxylic acids is 1. The molecule has 0 unspecified atom stereocenters. The second-order valence-electron chi connectivity index (χ2n) is 7.60. The highest BCUT2D eigenvalue weighted by molar-refractivity contribution is 7.54. The lowest BCUT2D eigenvalue weighted by molar-refractivity contribution is -0.140. The van der Waals surface area contributed by atoms with Crippen LogP contribution in [0.3, 0.4) is 0 Å². The Balaban J connectivity index is 2.00. The number of amides is 1. The van der Waals surface area contributed by atoms with Crippen LogP contribution in [0.25, 0.3) is 11.1 Å². The standard InChI is InChI=1S/C24H27F3NO4P/c1-3-31-33(30,32-4-2)16-10-9-15-23(22(29)28-17-24(25,26)27)20-13-7-5-11-18(20)19-12-6-8-14-21(19)23/h5-14H,3-4,15-17H2,1-2H3,(H,28,29).